The van der Waals surface area contributed by atoms with Gasteiger partial charge in [0, 0.05) is 5.41 Å². The Balaban J connectivity index is 5.06. The van der Waals surface area contributed by atoms with Gasteiger partial charge in [-0.25, -0.2) is 0 Å². The molecule has 3 unspecified atom stereocenters. The second kappa shape index (κ2) is 11.4. The first-order valence-corrected chi connectivity index (χ1v) is 9.10. The highest BCUT2D eigenvalue weighted by molar-refractivity contribution is 5.02. The van der Waals surface area contributed by atoms with Crippen LogP contribution in [0.5, 0.6) is 0 Å². The van der Waals surface area contributed by atoms with Crippen molar-refractivity contribution in [2.45, 2.75) is 96.7 Å². The first-order chi connectivity index (χ1) is 10.5. The van der Waals surface area contributed by atoms with Crippen LogP contribution in [-0.4, -0.2) is 45.3 Å². The first kappa shape index (κ1) is 21.8. The molecule has 22 heavy (non-hydrogen) atoms. The lowest BCUT2D eigenvalue weighted by Gasteiger charge is -2.49. The Bertz CT molecular complexity index is 272. The van der Waals surface area contributed by atoms with E-state index in [0.717, 1.165) is 32.1 Å². The summed E-state index contributed by atoms with van der Waals surface area (Å²) in [6.45, 7) is 5.40. The molecule has 0 heterocycles. The van der Waals surface area contributed by atoms with Crippen LogP contribution in [0, 0.1) is 5.41 Å². The number of rotatable bonds is 14. The van der Waals surface area contributed by atoms with Crippen LogP contribution in [-0.2, 0) is 0 Å². The van der Waals surface area contributed by atoms with Crippen LogP contribution in [0.4, 0.5) is 0 Å². The molecule has 0 aliphatic carbocycles. The van der Waals surface area contributed by atoms with E-state index in [9.17, 15) is 20.4 Å². The van der Waals surface area contributed by atoms with Crippen molar-refractivity contribution in [1.29, 1.82) is 0 Å². The average Bonchev–Trinajstić information content (AvgIpc) is 2.55. The molecular formula is C18H38O4. The molecule has 0 aromatic heterocycles. The maximum Gasteiger partial charge on any atom is 0.0958 e. The fourth-order valence-corrected chi connectivity index (χ4v) is 3.62. The first-order valence-electron chi connectivity index (χ1n) is 9.10. The molecule has 0 aliphatic heterocycles. The van der Waals surface area contributed by atoms with Gasteiger partial charge in [-0.3, -0.25) is 0 Å². The standard InChI is InChI=1S/C18H38O4/c1-4-7-9-10-11-13-18(22,15-20)17(6-3,12-8-5-2)16(21)14-19/h16,19-22H,4-15H2,1-3H3. The van der Waals surface area contributed by atoms with E-state index in [4.69, 9.17) is 0 Å². The largest absolute Gasteiger partial charge is 0.394 e. The third-order valence-corrected chi connectivity index (χ3v) is 5.30. The Labute approximate surface area is 136 Å². The summed E-state index contributed by atoms with van der Waals surface area (Å²) >= 11 is 0. The molecule has 4 heteroatoms. The SMILES string of the molecule is CCCCCCCC(O)(CO)C(CC)(CCCC)C(O)CO. The summed E-state index contributed by atoms with van der Waals surface area (Å²) in [6.07, 6.45) is 7.81. The zero-order valence-electron chi connectivity index (χ0n) is 14.9. The van der Waals surface area contributed by atoms with Gasteiger partial charge in [-0.15, -0.1) is 0 Å². The summed E-state index contributed by atoms with van der Waals surface area (Å²) in [5, 5.41) is 40.8. The lowest BCUT2D eigenvalue weighted by atomic mass is 9.62. The molecule has 0 saturated carbocycles. The van der Waals surface area contributed by atoms with Crippen LogP contribution in [0.25, 0.3) is 0 Å². The van der Waals surface area contributed by atoms with Crippen molar-refractivity contribution in [1.82, 2.24) is 0 Å². The molecule has 3 atom stereocenters. The fourth-order valence-electron chi connectivity index (χ4n) is 3.62. The molecule has 0 amide bonds. The van der Waals surface area contributed by atoms with Gasteiger partial charge >= 0.3 is 0 Å². The normalized spacial score (nSPS) is 18.7. The molecule has 0 bridgehead atoms. The van der Waals surface area contributed by atoms with Crippen LogP contribution >= 0.6 is 0 Å². The summed E-state index contributed by atoms with van der Waals surface area (Å²) in [4.78, 5) is 0. The number of hydrogen-bond acceptors (Lipinski definition) is 4. The summed E-state index contributed by atoms with van der Waals surface area (Å²) in [5.41, 5.74) is -2.16. The minimum atomic E-state index is -1.33. The monoisotopic (exact) mass is 318 g/mol. The van der Waals surface area contributed by atoms with Crippen molar-refractivity contribution in [3.8, 4) is 0 Å². The van der Waals surface area contributed by atoms with E-state index >= 15 is 0 Å². The van der Waals surface area contributed by atoms with Gasteiger partial charge in [0.15, 0.2) is 0 Å². The predicted molar refractivity (Wildman–Crippen MR) is 90.8 cm³/mol. The van der Waals surface area contributed by atoms with Gasteiger partial charge in [-0.1, -0.05) is 65.7 Å². The number of aliphatic hydroxyl groups excluding tert-OH is 3. The Morgan fingerprint density at radius 2 is 1.41 bits per heavy atom. The van der Waals surface area contributed by atoms with Gasteiger partial charge in [-0.05, 0) is 19.3 Å². The minimum Gasteiger partial charge on any atom is -0.394 e. The molecular weight excluding hydrogens is 280 g/mol. The van der Waals surface area contributed by atoms with Crippen molar-refractivity contribution < 1.29 is 20.4 Å². The van der Waals surface area contributed by atoms with Crippen molar-refractivity contribution in [3.63, 3.8) is 0 Å². The van der Waals surface area contributed by atoms with Crippen LogP contribution < -0.4 is 0 Å². The smallest absolute Gasteiger partial charge is 0.0958 e. The fraction of sp³-hybridized carbons (Fsp3) is 1.00. The topological polar surface area (TPSA) is 80.9 Å². The van der Waals surface area contributed by atoms with Gasteiger partial charge in [-0.2, -0.15) is 0 Å². The van der Waals surface area contributed by atoms with E-state index < -0.39 is 17.1 Å². The molecule has 0 aliphatic rings. The Kier molecular flexibility index (Phi) is 11.3. The van der Waals surface area contributed by atoms with Crippen LogP contribution in [0.2, 0.25) is 0 Å². The number of hydrogen-bond donors (Lipinski definition) is 4. The van der Waals surface area contributed by atoms with Gasteiger partial charge in [0.05, 0.1) is 24.9 Å². The molecule has 0 rings (SSSR count). The van der Waals surface area contributed by atoms with Crippen molar-refractivity contribution >= 4 is 0 Å². The van der Waals surface area contributed by atoms with Gasteiger partial charge in [0.2, 0.25) is 0 Å². The van der Waals surface area contributed by atoms with Gasteiger partial charge in [0.1, 0.15) is 0 Å². The average molecular weight is 318 g/mol. The van der Waals surface area contributed by atoms with Crippen molar-refractivity contribution in [2.75, 3.05) is 13.2 Å². The summed E-state index contributed by atoms with van der Waals surface area (Å²) in [7, 11) is 0. The second-order valence-electron chi connectivity index (χ2n) is 6.67. The zero-order chi connectivity index (χ0) is 17.1. The molecule has 4 nitrogen and oxygen atoms in total. The molecule has 0 fully saturated rings. The van der Waals surface area contributed by atoms with Crippen LogP contribution in [0.1, 0.15) is 85.0 Å². The van der Waals surface area contributed by atoms with Crippen LogP contribution in [0.15, 0.2) is 0 Å². The highest BCUT2D eigenvalue weighted by atomic mass is 16.3. The third kappa shape index (κ3) is 5.48. The lowest BCUT2D eigenvalue weighted by molar-refractivity contribution is -0.184. The Hall–Kier alpha value is -0.160. The van der Waals surface area contributed by atoms with E-state index in [1.54, 1.807) is 0 Å². The molecule has 0 aromatic rings. The summed E-state index contributed by atoms with van der Waals surface area (Å²) < 4.78 is 0. The molecule has 4 N–H and O–H groups in total. The molecule has 0 aromatic carbocycles. The molecule has 134 valence electrons. The Morgan fingerprint density at radius 1 is 0.818 bits per heavy atom. The second-order valence-corrected chi connectivity index (χ2v) is 6.67. The highest BCUT2D eigenvalue weighted by Gasteiger charge is 2.52. The van der Waals surface area contributed by atoms with Gasteiger partial charge in [0.25, 0.3) is 0 Å². The minimum absolute atomic E-state index is 0.366. The Morgan fingerprint density at radius 3 is 1.86 bits per heavy atom. The maximum atomic E-state index is 11.1. The maximum absolute atomic E-state index is 11.1. The third-order valence-electron chi connectivity index (χ3n) is 5.30. The summed E-state index contributed by atoms with van der Waals surface area (Å²) in [6, 6.07) is 0. The quantitative estimate of drug-likeness (QED) is 0.371. The van der Waals surface area contributed by atoms with Crippen LogP contribution in [0.3, 0.4) is 0 Å². The molecule has 0 saturated heterocycles. The molecule has 0 radical (unpaired) electrons. The zero-order valence-corrected chi connectivity index (χ0v) is 14.9. The van der Waals surface area contributed by atoms with Crippen molar-refractivity contribution in [2.24, 2.45) is 5.41 Å². The highest BCUT2D eigenvalue weighted by Crippen LogP contribution is 2.45. The van der Waals surface area contributed by atoms with E-state index in [1.807, 2.05) is 6.92 Å². The van der Waals surface area contributed by atoms with Gasteiger partial charge < -0.3 is 20.4 Å². The summed E-state index contributed by atoms with van der Waals surface area (Å²) in [5.74, 6) is 0. The van der Waals surface area contributed by atoms with E-state index in [0.29, 0.717) is 19.3 Å². The van der Waals surface area contributed by atoms with E-state index in [1.165, 1.54) is 12.8 Å². The predicted octanol–water partition coefficient (Wildman–Crippen LogP) is 3.01. The molecule has 0 spiro atoms. The van der Waals surface area contributed by atoms with E-state index in [2.05, 4.69) is 13.8 Å². The number of aliphatic hydroxyl groups is 4. The van der Waals surface area contributed by atoms with Crippen molar-refractivity contribution in [3.05, 3.63) is 0 Å². The van der Waals surface area contributed by atoms with E-state index in [-0.39, 0.29) is 13.2 Å². The number of unbranched alkanes of at least 4 members (excludes halogenated alkanes) is 5. The lowest BCUT2D eigenvalue weighted by Crippen LogP contribution is -2.58.